The molecule has 1 heterocycles. The molecule has 0 saturated carbocycles. The highest BCUT2D eigenvalue weighted by Crippen LogP contribution is 2.13. The van der Waals surface area contributed by atoms with E-state index in [-0.39, 0.29) is 0 Å². The van der Waals surface area contributed by atoms with E-state index >= 15 is 0 Å². The van der Waals surface area contributed by atoms with Crippen molar-refractivity contribution < 1.29 is 4.57 Å². The fourth-order valence-electron chi connectivity index (χ4n) is 4.12. The van der Waals surface area contributed by atoms with Gasteiger partial charge in [-0.2, -0.15) is 0 Å². The van der Waals surface area contributed by atoms with E-state index in [9.17, 15) is 0 Å². The van der Waals surface area contributed by atoms with E-state index in [0.717, 1.165) is 0 Å². The van der Waals surface area contributed by atoms with E-state index in [0.29, 0.717) is 0 Å². The number of aryl methyl sites for hydroxylation is 3. The monoisotopic (exact) mass is 388 g/mol. The number of hydrogen-bond acceptors (Lipinski definition) is 0. The summed E-state index contributed by atoms with van der Waals surface area (Å²) in [7, 11) is 0. The maximum absolute atomic E-state index is 2.52. The van der Waals surface area contributed by atoms with Crippen molar-refractivity contribution >= 4 is 0 Å². The summed E-state index contributed by atoms with van der Waals surface area (Å²) in [6, 6.07) is 2.51. The molecule has 0 aromatic carbocycles. The van der Waals surface area contributed by atoms with Gasteiger partial charge in [0.1, 0.15) is 6.54 Å². The van der Waals surface area contributed by atoms with Gasteiger partial charge >= 0.3 is 0 Å². The molecule has 0 bridgehead atoms. The van der Waals surface area contributed by atoms with Crippen LogP contribution < -0.4 is 4.57 Å². The zero-order valence-electron chi connectivity index (χ0n) is 19.6. The number of unbranched alkanes of at least 4 members (excludes halogenated alkanes) is 13. The molecular weight excluding hydrogens is 338 g/mol. The van der Waals surface area contributed by atoms with Crippen molar-refractivity contribution in [3.8, 4) is 0 Å². The molecule has 0 N–H and O–H groups in total. The summed E-state index contributed by atoms with van der Waals surface area (Å²) in [4.78, 5) is 0. The van der Waals surface area contributed by atoms with Crippen LogP contribution in [0, 0.1) is 0 Å². The van der Waals surface area contributed by atoms with Crippen LogP contribution in [0.2, 0.25) is 0 Å². The van der Waals surface area contributed by atoms with Crippen LogP contribution in [0.1, 0.15) is 135 Å². The molecule has 0 saturated heterocycles. The van der Waals surface area contributed by atoms with E-state index < -0.39 is 0 Å². The van der Waals surface area contributed by atoms with Gasteiger partial charge in [0, 0.05) is 17.5 Å². The number of pyridine rings is 1. The van der Waals surface area contributed by atoms with Gasteiger partial charge in [0.05, 0.1) is 0 Å². The lowest BCUT2D eigenvalue weighted by molar-refractivity contribution is -0.698. The molecule has 1 aromatic rings. The summed E-state index contributed by atoms with van der Waals surface area (Å²) in [6.07, 6.45) is 29.5. The molecular formula is C27H50N+. The molecule has 0 spiro atoms. The quantitative estimate of drug-likeness (QED) is 0.165. The number of aromatic nitrogens is 1. The van der Waals surface area contributed by atoms with Crippen LogP contribution in [0.25, 0.3) is 0 Å². The van der Waals surface area contributed by atoms with Crippen molar-refractivity contribution in [2.45, 2.75) is 143 Å². The standard InChI is InChI=1S/C27H50N/c1-4-7-10-13-16-19-22-28-24-26(20-17-14-11-8-5-2)23-27(25-28)21-18-15-12-9-6-3/h23-25H,4-22H2,1-3H3/q+1. The first-order chi connectivity index (χ1) is 13.8. The summed E-state index contributed by atoms with van der Waals surface area (Å²) in [5.74, 6) is 0. The van der Waals surface area contributed by atoms with Gasteiger partial charge in [-0.05, 0) is 38.2 Å². The van der Waals surface area contributed by atoms with Crippen LogP contribution in [0.4, 0.5) is 0 Å². The second kappa shape index (κ2) is 18.2. The average molecular weight is 389 g/mol. The Morgan fingerprint density at radius 1 is 0.500 bits per heavy atom. The Morgan fingerprint density at radius 2 is 0.893 bits per heavy atom. The minimum absolute atomic E-state index is 1.21. The minimum Gasteiger partial charge on any atom is -0.205 e. The van der Waals surface area contributed by atoms with Gasteiger partial charge in [0.25, 0.3) is 0 Å². The van der Waals surface area contributed by atoms with Crippen molar-refractivity contribution in [2.75, 3.05) is 0 Å². The first kappa shape index (κ1) is 25.2. The Labute approximate surface area is 177 Å². The predicted molar refractivity (Wildman–Crippen MR) is 125 cm³/mol. The number of nitrogens with zero attached hydrogens (tertiary/aromatic N) is 1. The zero-order valence-corrected chi connectivity index (χ0v) is 19.6. The average Bonchev–Trinajstić information content (AvgIpc) is 2.70. The van der Waals surface area contributed by atoms with Gasteiger partial charge < -0.3 is 0 Å². The second-order valence-corrected chi connectivity index (χ2v) is 8.89. The molecule has 28 heavy (non-hydrogen) atoms. The van der Waals surface area contributed by atoms with E-state index in [1.807, 2.05) is 0 Å². The molecule has 0 unspecified atom stereocenters. The van der Waals surface area contributed by atoms with Crippen molar-refractivity contribution in [3.63, 3.8) is 0 Å². The smallest absolute Gasteiger partial charge is 0.171 e. The SMILES string of the molecule is CCCCCCCC[n+]1cc(CCCCCCC)cc(CCCCCCC)c1. The number of rotatable bonds is 19. The molecule has 0 amide bonds. The van der Waals surface area contributed by atoms with Crippen LogP contribution in [0.3, 0.4) is 0 Å². The van der Waals surface area contributed by atoms with Gasteiger partial charge in [-0.25, -0.2) is 4.57 Å². The lowest BCUT2D eigenvalue weighted by Crippen LogP contribution is -2.34. The van der Waals surface area contributed by atoms with Crippen LogP contribution in [0.15, 0.2) is 18.5 Å². The fraction of sp³-hybridized carbons (Fsp3) is 0.815. The summed E-state index contributed by atoms with van der Waals surface area (Å²) < 4.78 is 2.52. The lowest BCUT2D eigenvalue weighted by Gasteiger charge is -2.07. The van der Waals surface area contributed by atoms with Crippen molar-refractivity contribution in [3.05, 3.63) is 29.6 Å². The highest BCUT2D eigenvalue weighted by atomic mass is 14.9. The molecule has 0 fully saturated rings. The topological polar surface area (TPSA) is 3.88 Å². The molecule has 1 aromatic heterocycles. The summed E-state index contributed by atoms with van der Waals surface area (Å²) in [6.45, 7) is 8.11. The van der Waals surface area contributed by atoms with Gasteiger partial charge in [-0.15, -0.1) is 0 Å². The Kier molecular flexibility index (Phi) is 16.4. The molecule has 1 heteroatoms. The Morgan fingerprint density at radius 3 is 1.36 bits per heavy atom. The second-order valence-electron chi connectivity index (χ2n) is 8.89. The van der Waals surface area contributed by atoms with Crippen LogP contribution in [-0.4, -0.2) is 0 Å². The zero-order chi connectivity index (χ0) is 20.3. The van der Waals surface area contributed by atoms with Crippen molar-refractivity contribution in [1.29, 1.82) is 0 Å². The van der Waals surface area contributed by atoms with E-state index in [1.165, 1.54) is 122 Å². The van der Waals surface area contributed by atoms with Gasteiger partial charge in [-0.3, -0.25) is 0 Å². The van der Waals surface area contributed by atoms with Gasteiger partial charge in [0.2, 0.25) is 0 Å². The van der Waals surface area contributed by atoms with E-state index in [1.54, 1.807) is 11.1 Å². The maximum Gasteiger partial charge on any atom is 0.171 e. The van der Waals surface area contributed by atoms with Gasteiger partial charge in [0.15, 0.2) is 12.4 Å². The molecule has 0 atom stereocenters. The minimum atomic E-state index is 1.21. The normalized spacial score (nSPS) is 11.2. The Bertz CT molecular complexity index is 433. The molecule has 0 radical (unpaired) electrons. The predicted octanol–water partition coefficient (Wildman–Crippen LogP) is 8.36. The number of hydrogen-bond donors (Lipinski definition) is 0. The molecule has 0 aliphatic rings. The van der Waals surface area contributed by atoms with Crippen LogP contribution >= 0.6 is 0 Å². The molecule has 0 aliphatic heterocycles. The molecule has 162 valence electrons. The highest BCUT2D eigenvalue weighted by molar-refractivity contribution is 5.15. The maximum atomic E-state index is 2.52. The molecule has 0 aliphatic carbocycles. The van der Waals surface area contributed by atoms with Crippen molar-refractivity contribution in [1.82, 2.24) is 0 Å². The van der Waals surface area contributed by atoms with E-state index in [4.69, 9.17) is 0 Å². The summed E-state index contributed by atoms with van der Waals surface area (Å²) in [5.41, 5.74) is 3.15. The Hall–Kier alpha value is -0.850. The third kappa shape index (κ3) is 13.3. The van der Waals surface area contributed by atoms with Crippen molar-refractivity contribution in [2.24, 2.45) is 0 Å². The van der Waals surface area contributed by atoms with Crippen LogP contribution in [-0.2, 0) is 19.4 Å². The Balaban J connectivity index is 2.50. The molecule has 1 rings (SSSR count). The summed E-state index contributed by atoms with van der Waals surface area (Å²) in [5, 5.41) is 0. The first-order valence-electron chi connectivity index (χ1n) is 12.8. The molecule has 1 nitrogen and oxygen atoms in total. The van der Waals surface area contributed by atoms with Crippen LogP contribution in [0.5, 0.6) is 0 Å². The lowest BCUT2D eigenvalue weighted by atomic mass is 10.0. The third-order valence-corrected chi connectivity index (χ3v) is 5.94. The highest BCUT2D eigenvalue weighted by Gasteiger charge is 2.08. The largest absolute Gasteiger partial charge is 0.205 e. The summed E-state index contributed by atoms with van der Waals surface area (Å²) >= 11 is 0. The van der Waals surface area contributed by atoms with Gasteiger partial charge in [-0.1, -0.05) is 97.8 Å². The third-order valence-electron chi connectivity index (χ3n) is 5.94. The van der Waals surface area contributed by atoms with E-state index in [2.05, 4.69) is 43.8 Å². The first-order valence-corrected chi connectivity index (χ1v) is 12.8. The fourth-order valence-corrected chi connectivity index (χ4v) is 4.12.